The maximum atomic E-state index is 12.3. The Morgan fingerprint density at radius 1 is 1.10 bits per heavy atom. The second-order valence-corrected chi connectivity index (χ2v) is 7.56. The quantitative estimate of drug-likeness (QED) is 0.448. The number of rotatable bonds is 6. The minimum Gasteiger partial charge on any atom is -0.486 e. The average Bonchev–Trinajstić information content (AvgIpc) is 3.29. The number of hydrogen-bond acceptors (Lipinski definition) is 7. The molecule has 2 aromatic carbocycles. The van der Waals surface area contributed by atoms with Gasteiger partial charge in [-0.2, -0.15) is 0 Å². The first-order valence-corrected chi connectivity index (χ1v) is 10.7. The fourth-order valence-electron chi connectivity index (χ4n) is 3.08. The lowest BCUT2D eigenvalue weighted by Crippen LogP contribution is -2.42. The second kappa shape index (κ2) is 9.52. The van der Waals surface area contributed by atoms with Gasteiger partial charge in [-0.25, -0.2) is 0 Å². The van der Waals surface area contributed by atoms with Crippen LogP contribution in [0.5, 0.6) is 11.5 Å². The van der Waals surface area contributed by atoms with Crippen molar-refractivity contribution in [3.05, 3.63) is 59.9 Å². The lowest BCUT2D eigenvalue weighted by Gasteiger charge is -2.18. The number of hydrazine groups is 1. The number of nitrogens with zero attached hydrogens (tertiary/aromatic N) is 3. The maximum Gasteiger partial charge on any atom is 0.269 e. The van der Waals surface area contributed by atoms with Crippen LogP contribution >= 0.6 is 11.8 Å². The molecule has 1 aliphatic rings. The molecular weight excluding hydrogens is 418 g/mol. The van der Waals surface area contributed by atoms with Crippen molar-refractivity contribution in [2.24, 2.45) is 0 Å². The van der Waals surface area contributed by atoms with Gasteiger partial charge in [0.1, 0.15) is 19.5 Å². The van der Waals surface area contributed by atoms with Crippen molar-refractivity contribution >= 4 is 23.6 Å². The molecular formula is C21H21N5O4S. The predicted molar refractivity (Wildman–Crippen MR) is 115 cm³/mol. The Labute approximate surface area is 183 Å². The Kier molecular flexibility index (Phi) is 6.37. The molecule has 9 nitrogen and oxygen atoms in total. The van der Waals surface area contributed by atoms with Crippen molar-refractivity contribution in [2.75, 3.05) is 19.0 Å². The first-order valence-electron chi connectivity index (χ1n) is 9.75. The van der Waals surface area contributed by atoms with Crippen molar-refractivity contribution in [1.82, 2.24) is 25.6 Å². The van der Waals surface area contributed by atoms with Crippen LogP contribution in [-0.2, 0) is 11.2 Å². The van der Waals surface area contributed by atoms with Crippen LogP contribution in [0.15, 0.2) is 53.9 Å². The summed E-state index contributed by atoms with van der Waals surface area (Å²) in [5.41, 5.74) is 7.31. The second-order valence-electron chi connectivity index (χ2n) is 6.62. The van der Waals surface area contributed by atoms with Crippen LogP contribution in [0.3, 0.4) is 0 Å². The van der Waals surface area contributed by atoms with Gasteiger partial charge in [-0.3, -0.25) is 25.0 Å². The molecule has 0 saturated carbocycles. The van der Waals surface area contributed by atoms with Gasteiger partial charge in [-0.1, -0.05) is 36.9 Å². The van der Waals surface area contributed by atoms with Gasteiger partial charge in [0.15, 0.2) is 16.7 Å². The molecule has 0 aliphatic carbocycles. The van der Waals surface area contributed by atoms with E-state index in [9.17, 15) is 9.59 Å². The molecule has 0 atom stereocenters. The molecule has 2 N–H and O–H groups in total. The third-order valence-electron chi connectivity index (χ3n) is 4.60. The smallest absolute Gasteiger partial charge is 0.269 e. The average molecular weight is 439 g/mol. The summed E-state index contributed by atoms with van der Waals surface area (Å²) in [6.45, 7) is 2.98. The van der Waals surface area contributed by atoms with E-state index in [-0.39, 0.29) is 11.7 Å². The number of benzene rings is 2. The van der Waals surface area contributed by atoms with Gasteiger partial charge in [0.05, 0.1) is 11.4 Å². The fourth-order valence-corrected chi connectivity index (χ4v) is 3.80. The molecule has 0 radical (unpaired) electrons. The van der Waals surface area contributed by atoms with E-state index >= 15 is 0 Å². The minimum atomic E-state index is -0.449. The highest BCUT2D eigenvalue weighted by atomic mass is 32.2. The van der Waals surface area contributed by atoms with Gasteiger partial charge in [-0.15, -0.1) is 10.2 Å². The van der Waals surface area contributed by atoms with Gasteiger partial charge < -0.3 is 9.47 Å². The normalized spacial score (nSPS) is 12.3. The monoisotopic (exact) mass is 439 g/mol. The van der Waals surface area contributed by atoms with Crippen LogP contribution in [0, 0.1) is 0 Å². The van der Waals surface area contributed by atoms with Crippen molar-refractivity contribution in [3.8, 4) is 17.2 Å². The number of amides is 2. The summed E-state index contributed by atoms with van der Waals surface area (Å²) in [5.74, 6) is 0.350. The van der Waals surface area contributed by atoms with E-state index < -0.39 is 5.91 Å². The van der Waals surface area contributed by atoms with E-state index in [1.165, 1.54) is 11.8 Å². The molecule has 2 heterocycles. The molecule has 1 aromatic heterocycles. The fraction of sp³-hybridized carbons (Fsp3) is 0.238. The first kappa shape index (κ1) is 20.7. The molecule has 4 rings (SSSR count). The number of hydrogen-bond donors (Lipinski definition) is 2. The number of carbonyl (C=O) groups excluding carboxylic acids is 2. The summed E-state index contributed by atoms with van der Waals surface area (Å²) in [4.78, 5) is 24.6. The highest BCUT2D eigenvalue weighted by Gasteiger charge is 2.16. The standard InChI is InChI=1S/C21H21N5O4S/c1-2-14-5-3-4-6-16(14)26-13-22-25-21(26)31-12-19(27)23-24-20(28)15-7-8-17-18(11-15)30-10-9-29-17/h3-8,11,13H,2,9-10,12H2,1H3,(H,23,27)(H,24,28). The molecule has 2 amide bonds. The van der Waals surface area contributed by atoms with E-state index in [0.29, 0.717) is 35.4 Å². The number of aryl methyl sites for hydroxylation is 1. The van der Waals surface area contributed by atoms with Gasteiger partial charge in [-0.05, 0) is 36.2 Å². The predicted octanol–water partition coefficient (Wildman–Crippen LogP) is 2.15. The topological polar surface area (TPSA) is 107 Å². The largest absolute Gasteiger partial charge is 0.486 e. The van der Waals surface area contributed by atoms with Crippen LogP contribution in [0.2, 0.25) is 0 Å². The number of aromatic nitrogens is 3. The Balaban J connectivity index is 1.32. The Morgan fingerprint density at radius 3 is 2.74 bits per heavy atom. The molecule has 3 aromatic rings. The van der Waals surface area contributed by atoms with Crippen LogP contribution in [-0.4, -0.2) is 45.5 Å². The molecule has 1 aliphatic heterocycles. The van der Waals surface area contributed by atoms with Crippen molar-refractivity contribution in [3.63, 3.8) is 0 Å². The highest BCUT2D eigenvalue weighted by Crippen LogP contribution is 2.30. The summed E-state index contributed by atoms with van der Waals surface area (Å²) in [7, 11) is 0. The number of nitrogens with one attached hydrogen (secondary N) is 2. The Hall–Kier alpha value is -3.53. The summed E-state index contributed by atoms with van der Waals surface area (Å²) < 4.78 is 12.8. The van der Waals surface area contributed by atoms with Crippen LogP contribution in [0.4, 0.5) is 0 Å². The van der Waals surface area contributed by atoms with Crippen LogP contribution < -0.4 is 20.3 Å². The lowest BCUT2D eigenvalue weighted by molar-refractivity contribution is -0.119. The van der Waals surface area contributed by atoms with Crippen LogP contribution in [0.1, 0.15) is 22.8 Å². The Morgan fingerprint density at radius 2 is 1.90 bits per heavy atom. The van der Waals surface area contributed by atoms with Crippen LogP contribution in [0.25, 0.3) is 5.69 Å². The molecule has 0 unspecified atom stereocenters. The number of thioether (sulfide) groups is 1. The lowest BCUT2D eigenvalue weighted by atomic mass is 10.1. The van der Waals surface area contributed by atoms with Crippen molar-refractivity contribution in [1.29, 1.82) is 0 Å². The molecule has 31 heavy (non-hydrogen) atoms. The van der Waals surface area contributed by atoms with E-state index in [1.54, 1.807) is 24.5 Å². The number of para-hydroxylation sites is 1. The van der Waals surface area contributed by atoms with E-state index in [4.69, 9.17) is 9.47 Å². The summed E-state index contributed by atoms with van der Waals surface area (Å²) >= 11 is 1.23. The molecule has 0 bridgehead atoms. The number of ether oxygens (including phenoxy) is 2. The molecule has 160 valence electrons. The van der Waals surface area contributed by atoms with Gasteiger partial charge in [0.2, 0.25) is 5.91 Å². The minimum absolute atomic E-state index is 0.0639. The summed E-state index contributed by atoms with van der Waals surface area (Å²) in [6.07, 6.45) is 2.49. The van der Waals surface area contributed by atoms with Crippen molar-refractivity contribution in [2.45, 2.75) is 18.5 Å². The zero-order valence-corrected chi connectivity index (χ0v) is 17.6. The van der Waals surface area contributed by atoms with E-state index in [0.717, 1.165) is 17.7 Å². The third-order valence-corrected chi connectivity index (χ3v) is 5.54. The SMILES string of the molecule is CCc1ccccc1-n1cnnc1SCC(=O)NNC(=O)c1ccc2c(c1)OCCO2. The summed E-state index contributed by atoms with van der Waals surface area (Å²) in [6, 6.07) is 12.8. The number of fused-ring (bicyclic) bond motifs is 1. The molecule has 10 heteroatoms. The zero-order valence-electron chi connectivity index (χ0n) is 16.8. The first-order chi connectivity index (χ1) is 15.2. The molecule has 0 fully saturated rings. The zero-order chi connectivity index (χ0) is 21.6. The van der Waals surface area contributed by atoms with Gasteiger partial charge in [0.25, 0.3) is 5.91 Å². The van der Waals surface area contributed by atoms with Gasteiger partial charge >= 0.3 is 0 Å². The van der Waals surface area contributed by atoms with E-state index in [2.05, 4.69) is 28.0 Å². The van der Waals surface area contributed by atoms with Crippen molar-refractivity contribution < 1.29 is 19.1 Å². The van der Waals surface area contributed by atoms with E-state index in [1.807, 2.05) is 28.8 Å². The molecule has 0 saturated heterocycles. The Bertz CT molecular complexity index is 1100. The third kappa shape index (κ3) is 4.80. The maximum absolute atomic E-state index is 12.3. The highest BCUT2D eigenvalue weighted by molar-refractivity contribution is 7.99. The van der Waals surface area contributed by atoms with Gasteiger partial charge in [0, 0.05) is 5.56 Å². The summed E-state index contributed by atoms with van der Waals surface area (Å²) in [5, 5.41) is 8.67. The molecule has 0 spiro atoms. The number of carbonyl (C=O) groups is 2.